The number of halogens is 1. The number of oxazole rings is 1. The van der Waals surface area contributed by atoms with Crippen molar-refractivity contribution < 1.29 is 13.5 Å². The second-order valence-corrected chi connectivity index (χ2v) is 6.26. The van der Waals surface area contributed by atoms with Gasteiger partial charge in [-0.25, -0.2) is 9.37 Å². The molecule has 0 aliphatic carbocycles. The molecule has 4 rings (SSSR count). The summed E-state index contributed by atoms with van der Waals surface area (Å²) < 4.78 is 24.7. The minimum Gasteiger partial charge on any atom is -0.457 e. The average molecular weight is 359 g/mol. The predicted octanol–water partition coefficient (Wildman–Crippen LogP) is 6.17. The van der Waals surface area contributed by atoms with Gasteiger partial charge in [0.2, 0.25) is 5.89 Å². The maximum absolute atomic E-state index is 13.1. The summed E-state index contributed by atoms with van der Waals surface area (Å²) in [5.74, 6) is 2.58. The van der Waals surface area contributed by atoms with Crippen LogP contribution in [0.2, 0.25) is 0 Å². The quantitative estimate of drug-likeness (QED) is 0.427. The number of aromatic nitrogens is 1. The molecule has 1 aromatic heterocycles. The van der Waals surface area contributed by atoms with Gasteiger partial charge in [-0.3, -0.25) is 0 Å². The van der Waals surface area contributed by atoms with Crippen LogP contribution in [-0.2, 0) is 6.42 Å². The van der Waals surface area contributed by atoms with Gasteiger partial charge in [0.1, 0.15) is 23.1 Å². The number of para-hydroxylation sites is 1. The van der Waals surface area contributed by atoms with E-state index in [2.05, 4.69) is 4.98 Å². The third-order valence-corrected chi connectivity index (χ3v) is 4.26. The first-order valence-electron chi connectivity index (χ1n) is 8.71. The summed E-state index contributed by atoms with van der Waals surface area (Å²) in [7, 11) is 0. The number of hydrogen-bond donors (Lipinski definition) is 0. The molecule has 0 aliphatic heterocycles. The lowest BCUT2D eigenvalue weighted by molar-refractivity contribution is 0.482. The van der Waals surface area contributed by atoms with Crippen molar-refractivity contribution in [2.45, 2.75) is 13.3 Å². The summed E-state index contributed by atoms with van der Waals surface area (Å²) in [5, 5.41) is 0. The summed E-state index contributed by atoms with van der Waals surface area (Å²) in [6, 6.07) is 23.7. The normalized spacial score (nSPS) is 10.7. The van der Waals surface area contributed by atoms with Gasteiger partial charge in [-0.05, 0) is 61.0 Å². The Labute approximate surface area is 157 Å². The van der Waals surface area contributed by atoms with Crippen LogP contribution < -0.4 is 4.74 Å². The second kappa shape index (κ2) is 7.46. The van der Waals surface area contributed by atoms with E-state index in [4.69, 9.17) is 9.15 Å². The molecule has 0 N–H and O–H groups in total. The molecule has 0 atom stereocenters. The lowest BCUT2D eigenvalue weighted by Crippen LogP contribution is -1.91. The zero-order valence-corrected chi connectivity index (χ0v) is 14.9. The van der Waals surface area contributed by atoms with Crippen LogP contribution >= 0.6 is 0 Å². The van der Waals surface area contributed by atoms with Gasteiger partial charge >= 0.3 is 0 Å². The van der Waals surface area contributed by atoms with Crippen LogP contribution in [-0.4, -0.2) is 4.98 Å². The number of aryl methyl sites for hydroxylation is 1. The summed E-state index contributed by atoms with van der Waals surface area (Å²) in [6.45, 7) is 1.89. The average Bonchev–Trinajstić information content (AvgIpc) is 3.05. The van der Waals surface area contributed by atoms with Crippen LogP contribution in [0, 0.1) is 12.7 Å². The molecule has 134 valence electrons. The van der Waals surface area contributed by atoms with Crippen LogP contribution in [0.25, 0.3) is 11.5 Å². The molecule has 0 fully saturated rings. The number of rotatable bonds is 5. The molecule has 0 aliphatic rings. The van der Waals surface area contributed by atoms with Gasteiger partial charge in [0.25, 0.3) is 0 Å². The van der Waals surface area contributed by atoms with Crippen molar-refractivity contribution in [1.82, 2.24) is 4.98 Å². The Bertz CT molecular complexity index is 1020. The molecular formula is C23H18FNO2. The molecular weight excluding hydrogens is 341 g/mol. The van der Waals surface area contributed by atoms with Crippen LogP contribution in [0.5, 0.6) is 11.5 Å². The fourth-order valence-electron chi connectivity index (χ4n) is 2.80. The SMILES string of the molecule is Cc1oc(-c2ccc(F)cc2)nc1Cc1ccc(Oc2ccccc2)cc1. The molecule has 0 bridgehead atoms. The van der Waals surface area contributed by atoms with Gasteiger partial charge in [0.15, 0.2) is 0 Å². The van der Waals surface area contributed by atoms with E-state index in [0.29, 0.717) is 12.3 Å². The van der Waals surface area contributed by atoms with Crippen molar-refractivity contribution in [3.05, 3.63) is 102 Å². The molecule has 0 saturated heterocycles. The van der Waals surface area contributed by atoms with Crippen LogP contribution in [0.3, 0.4) is 0 Å². The number of ether oxygens (including phenoxy) is 1. The first-order valence-corrected chi connectivity index (χ1v) is 8.71. The predicted molar refractivity (Wildman–Crippen MR) is 102 cm³/mol. The first-order chi connectivity index (χ1) is 13.2. The van der Waals surface area contributed by atoms with Crippen molar-refractivity contribution in [2.24, 2.45) is 0 Å². The smallest absolute Gasteiger partial charge is 0.226 e. The Morgan fingerprint density at radius 3 is 2.22 bits per heavy atom. The lowest BCUT2D eigenvalue weighted by atomic mass is 10.1. The molecule has 1 heterocycles. The van der Waals surface area contributed by atoms with Crippen molar-refractivity contribution in [2.75, 3.05) is 0 Å². The highest BCUT2D eigenvalue weighted by Crippen LogP contribution is 2.25. The van der Waals surface area contributed by atoms with E-state index in [1.54, 1.807) is 12.1 Å². The van der Waals surface area contributed by atoms with Crippen molar-refractivity contribution in [1.29, 1.82) is 0 Å². The number of nitrogens with zero attached hydrogens (tertiary/aromatic N) is 1. The van der Waals surface area contributed by atoms with Gasteiger partial charge in [0.05, 0.1) is 5.69 Å². The van der Waals surface area contributed by atoms with E-state index in [-0.39, 0.29) is 5.82 Å². The highest BCUT2D eigenvalue weighted by molar-refractivity contribution is 5.53. The highest BCUT2D eigenvalue weighted by Gasteiger charge is 2.12. The zero-order chi connectivity index (χ0) is 18.6. The summed E-state index contributed by atoms with van der Waals surface area (Å²) in [6.07, 6.45) is 0.655. The Balaban J connectivity index is 1.48. The Hall–Kier alpha value is -3.40. The van der Waals surface area contributed by atoms with Gasteiger partial charge in [0, 0.05) is 12.0 Å². The fraction of sp³-hybridized carbons (Fsp3) is 0.0870. The topological polar surface area (TPSA) is 35.3 Å². The molecule has 0 radical (unpaired) electrons. The fourth-order valence-corrected chi connectivity index (χ4v) is 2.80. The van der Waals surface area contributed by atoms with Gasteiger partial charge in [-0.2, -0.15) is 0 Å². The number of hydrogen-bond acceptors (Lipinski definition) is 3. The monoisotopic (exact) mass is 359 g/mol. The molecule has 4 aromatic rings. The van der Waals surface area contributed by atoms with Crippen LogP contribution in [0.1, 0.15) is 17.0 Å². The molecule has 3 aromatic carbocycles. The van der Waals surface area contributed by atoms with E-state index in [1.807, 2.05) is 61.5 Å². The summed E-state index contributed by atoms with van der Waals surface area (Å²) >= 11 is 0. The largest absolute Gasteiger partial charge is 0.457 e. The minimum absolute atomic E-state index is 0.278. The van der Waals surface area contributed by atoms with Gasteiger partial charge in [-0.15, -0.1) is 0 Å². The van der Waals surface area contributed by atoms with E-state index in [0.717, 1.165) is 34.1 Å². The van der Waals surface area contributed by atoms with E-state index < -0.39 is 0 Å². The zero-order valence-electron chi connectivity index (χ0n) is 14.9. The highest BCUT2D eigenvalue weighted by atomic mass is 19.1. The number of benzene rings is 3. The standard InChI is InChI=1S/C23H18FNO2/c1-16-22(25-23(26-16)18-9-11-19(24)12-10-18)15-17-7-13-21(14-8-17)27-20-5-3-2-4-6-20/h2-14H,15H2,1H3. The Morgan fingerprint density at radius 2 is 1.52 bits per heavy atom. The Kier molecular flexibility index (Phi) is 4.71. The van der Waals surface area contributed by atoms with E-state index >= 15 is 0 Å². The summed E-state index contributed by atoms with van der Waals surface area (Å²) in [4.78, 5) is 4.57. The maximum Gasteiger partial charge on any atom is 0.226 e. The van der Waals surface area contributed by atoms with Crippen molar-refractivity contribution in [3.63, 3.8) is 0 Å². The molecule has 0 spiro atoms. The van der Waals surface area contributed by atoms with E-state index in [9.17, 15) is 4.39 Å². The molecule has 0 amide bonds. The lowest BCUT2D eigenvalue weighted by Gasteiger charge is -2.06. The third-order valence-electron chi connectivity index (χ3n) is 4.26. The van der Waals surface area contributed by atoms with Gasteiger partial charge < -0.3 is 9.15 Å². The van der Waals surface area contributed by atoms with Crippen LogP contribution in [0.15, 0.2) is 83.3 Å². The Morgan fingerprint density at radius 1 is 0.852 bits per heavy atom. The van der Waals surface area contributed by atoms with Crippen molar-refractivity contribution in [3.8, 4) is 23.0 Å². The van der Waals surface area contributed by atoms with Gasteiger partial charge in [-0.1, -0.05) is 30.3 Å². The first kappa shape index (κ1) is 17.0. The molecule has 4 heteroatoms. The minimum atomic E-state index is -0.278. The van der Waals surface area contributed by atoms with E-state index in [1.165, 1.54) is 12.1 Å². The molecule has 0 saturated carbocycles. The van der Waals surface area contributed by atoms with Crippen molar-refractivity contribution >= 4 is 0 Å². The maximum atomic E-state index is 13.1. The molecule has 27 heavy (non-hydrogen) atoms. The second-order valence-electron chi connectivity index (χ2n) is 6.26. The molecule has 3 nitrogen and oxygen atoms in total. The third kappa shape index (κ3) is 4.06. The molecule has 0 unspecified atom stereocenters. The summed E-state index contributed by atoms with van der Waals surface area (Å²) in [5.41, 5.74) is 2.74. The van der Waals surface area contributed by atoms with Crippen LogP contribution in [0.4, 0.5) is 4.39 Å².